The molecule has 0 aliphatic rings. The number of methoxy groups -OCH3 is 1. The summed E-state index contributed by atoms with van der Waals surface area (Å²) >= 11 is 4.14. The maximum absolute atomic E-state index is 12.2. The number of carbonyl (C=O) groups excluding carboxylic acids is 1. The van der Waals surface area contributed by atoms with E-state index in [0.29, 0.717) is 12.1 Å². The van der Waals surface area contributed by atoms with Crippen molar-refractivity contribution in [3.05, 3.63) is 63.7 Å². The molecule has 0 bridgehead atoms. The summed E-state index contributed by atoms with van der Waals surface area (Å²) in [6.07, 6.45) is 5.02. The van der Waals surface area contributed by atoms with Gasteiger partial charge in [-0.3, -0.25) is 14.9 Å². The van der Waals surface area contributed by atoms with E-state index in [1.807, 2.05) is 26.8 Å². The lowest BCUT2D eigenvalue weighted by Gasteiger charge is -2.29. The van der Waals surface area contributed by atoms with Gasteiger partial charge >= 0.3 is 11.8 Å². The molecule has 0 amide bonds. The van der Waals surface area contributed by atoms with Gasteiger partial charge in [-0.05, 0) is 45.7 Å². The van der Waals surface area contributed by atoms with Crippen LogP contribution in [0, 0.1) is 10.1 Å². The van der Waals surface area contributed by atoms with Crippen LogP contribution < -0.4 is 10.6 Å². The van der Waals surface area contributed by atoms with Crippen LogP contribution in [-0.4, -0.2) is 35.6 Å². The number of benzene rings is 1. The average molecular weight is 408 g/mol. The monoisotopic (exact) mass is 407 g/mol. The van der Waals surface area contributed by atoms with Crippen LogP contribution in [0.2, 0.25) is 0 Å². The number of allylic oxidation sites excluding steroid dienone is 3. The van der Waals surface area contributed by atoms with E-state index in [1.165, 1.54) is 18.8 Å². The number of nitrogens with zero attached hydrogens (tertiary/aromatic N) is 1. The Kier molecular flexibility index (Phi) is 9.75. The molecule has 0 aromatic heterocycles. The fourth-order valence-electron chi connectivity index (χ4n) is 2.61. The maximum atomic E-state index is 12.2. The Bertz CT molecular complexity index is 717. The van der Waals surface area contributed by atoms with Gasteiger partial charge in [-0.25, -0.2) is 5.32 Å². The number of carbonyl (C=O) groups is 1. The molecule has 7 nitrogen and oxygen atoms in total. The Morgan fingerprint density at radius 1 is 1.32 bits per heavy atom. The summed E-state index contributed by atoms with van der Waals surface area (Å²) in [4.78, 5) is 23.7. The summed E-state index contributed by atoms with van der Waals surface area (Å²) in [6.45, 7) is 5.85. The minimum atomic E-state index is -1.89. The maximum Gasteiger partial charge on any atom is 0.373 e. The van der Waals surface area contributed by atoms with Crippen LogP contribution in [0.15, 0.2) is 53.6 Å². The number of thiol groups is 1. The Morgan fingerprint density at radius 2 is 1.96 bits per heavy atom. The van der Waals surface area contributed by atoms with E-state index in [4.69, 9.17) is 4.74 Å². The summed E-state index contributed by atoms with van der Waals surface area (Å²) in [5, 5.41) is 17.9. The van der Waals surface area contributed by atoms with Crippen LogP contribution in [0.4, 0.5) is 5.69 Å². The normalized spacial score (nSPS) is 14.5. The molecule has 0 heterocycles. The standard InChI is InChI=1S/C20H29N3O4S/c1-15(2)9-8-10-16(3)13-20(23(25)26,21-17-11-6-5-7-12-17)22-18(14-28)19(24)27-4/h5-7,9,11-13,18,21-22,28H,8,10,14H2,1-4H3/t18-,20?/m0/s1. The number of nitro groups is 1. The molecule has 0 aliphatic heterocycles. The molecule has 1 unspecified atom stereocenters. The van der Waals surface area contributed by atoms with E-state index in [9.17, 15) is 14.9 Å². The van der Waals surface area contributed by atoms with Crippen molar-refractivity contribution in [3.8, 4) is 0 Å². The molecule has 8 heteroatoms. The quantitative estimate of drug-likeness (QED) is 0.129. The number of ether oxygens (including phenoxy) is 1. The molecule has 2 N–H and O–H groups in total. The number of esters is 1. The van der Waals surface area contributed by atoms with E-state index in [2.05, 4.69) is 29.3 Å². The lowest BCUT2D eigenvalue weighted by atomic mass is 10.1. The van der Waals surface area contributed by atoms with E-state index >= 15 is 0 Å². The van der Waals surface area contributed by atoms with Crippen molar-refractivity contribution in [2.24, 2.45) is 0 Å². The molecular formula is C20H29N3O4S. The topological polar surface area (TPSA) is 93.5 Å². The summed E-state index contributed by atoms with van der Waals surface area (Å²) < 4.78 is 4.75. The lowest BCUT2D eigenvalue weighted by molar-refractivity contribution is -0.555. The second-order valence-corrected chi connectivity index (χ2v) is 7.09. The molecule has 28 heavy (non-hydrogen) atoms. The SMILES string of the molecule is COC(=O)[C@H](CS)NC(C=C(C)CCC=C(C)C)(Nc1ccccc1)[N+](=O)[O-]. The first-order chi connectivity index (χ1) is 13.2. The summed E-state index contributed by atoms with van der Waals surface area (Å²) in [6, 6.07) is 7.85. The number of para-hydroxylation sites is 1. The second kappa shape index (κ2) is 11.5. The van der Waals surface area contributed by atoms with E-state index in [1.54, 1.807) is 24.3 Å². The zero-order chi connectivity index (χ0) is 21.2. The highest BCUT2D eigenvalue weighted by Crippen LogP contribution is 2.20. The van der Waals surface area contributed by atoms with Gasteiger partial charge in [0.2, 0.25) is 0 Å². The zero-order valence-electron chi connectivity index (χ0n) is 16.8. The molecule has 0 aliphatic carbocycles. The molecule has 1 rings (SSSR count). The molecular weight excluding hydrogens is 378 g/mol. The van der Waals surface area contributed by atoms with Gasteiger partial charge in [0.1, 0.15) is 6.04 Å². The molecule has 154 valence electrons. The highest BCUT2D eigenvalue weighted by molar-refractivity contribution is 7.80. The fraction of sp³-hybridized carbons (Fsp3) is 0.450. The van der Waals surface area contributed by atoms with Gasteiger partial charge in [-0.15, -0.1) is 0 Å². The predicted octanol–water partition coefficient (Wildman–Crippen LogP) is 3.78. The molecule has 2 atom stereocenters. The summed E-state index contributed by atoms with van der Waals surface area (Å²) in [5.74, 6) is -2.46. The smallest absolute Gasteiger partial charge is 0.373 e. The number of hydrogen-bond donors (Lipinski definition) is 3. The van der Waals surface area contributed by atoms with E-state index < -0.39 is 22.7 Å². The minimum absolute atomic E-state index is 0.0450. The van der Waals surface area contributed by atoms with Crippen molar-refractivity contribution in [2.45, 2.75) is 45.4 Å². The summed E-state index contributed by atoms with van der Waals surface area (Å²) in [5.41, 5.74) is 2.55. The van der Waals surface area contributed by atoms with E-state index in [0.717, 1.165) is 12.0 Å². The van der Waals surface area contributed by atoms with Gasteiger partial charge in [-0.2, -0.15) is 12.6 Å². The summed E-state index contributed by atoms with van der Waals surface area (Å²) in [7, 11) is 1.24. The lowest BCUT2D eigenvalue weighted by Crippen LogP contribution is -2.62. The zero-order valence-corrected chi connectivity index (χ0v) is 17.7. The molecule has 0 saturated heterocycles. The third-order valence-electron chi connectivity index (χ3n) is 4.01. The Balaban J connectivity index is 3.29. The number of anilines is 1. The third kappa shape index (κ3) is 7.36. The van der Waals surface area contributed by atoms with Gasteiger partial charge in [-0.1, -0.05) is 35.4 Å². The first-order valence-corrected chi connectivity index (χ1v) is 9.63. The molecule has 1 aromatic rings. The molecule has 0 spiro atoms. The number of rotatable bonds is 11. The van der Waals surface area contributed by atoms with Gasteiger partial charge in [0, 0.05) is 17.5 Å². The molecule has 0 saturated carbocycles. The first kappa shape index (κ1) is 23.7. The largest absolute Gasteiger partial charge is 0.468 e. The van der Waals surface area contributed by atoms with Crippen LogP contribution >= 0.6 is 12.6 Å². The van der Waals surface area contributed by atoms with Gasteiger partial charge in [0.15, 0.2) is 0 Å². The number of nitrogens with one attached hydrogen (secondary N) is 2. The van der Waals surface area contributed by atoms with Crippen LogP contribution in [0.5, 0.6) is 0 Å². The van der Waals surface area contributed by atoms with E-state index in [-0.39, 0.29) is 5.75 Å². The third-order valence-corrected chi connectivity index (χ3v) is 4.37. The van der Waals surface area contributed by atoms with Gasteiger partial charge in [0.25, 0.3) is 0 Å². The van der Waals surface area contributed by atoms with Crippen molar-refractivity contribution in [2.75, 3.05) is 18.2 Å². The molecule has 1 aromatic carbocycles. The average Bonchev–Trinajstić information content (AvgIpc) is 2.65. The van der Waals surface area contributed by atoms with Crippen LogP contribution in [0.3, 0.4) is 0 Å². The fourth-order valence-corrected chi connectivity index (χ4v) is 2.85. The Labute approximate surface area is 171 Å². The minimum Gasteiger partial charge on any atom is -0.468 e. The van der Waals surface area contributed by atoms with Gasteiger partial charge in [0.05, 0.1) is 12.0 Å². The van der Waals surface area contributed by atoms with Crippen LogP contribution in [-0.2, 0) is 9.53 Å². The van der Waals surface area contributed by atoms with Gasteiger partial charge < -0.3 is 10.1 Å². The molecule has 0 radical (unpaired) electrons. The molecule has 0 fully saturated rings. The van der Waals surface area contributed by atoms with Crippen molar-refractivity contribution in [1.82, 2.24) is 5.32 Å². The Morgan fingerprint density at radius 3 is 2.46 bits per heavy atom. The van der Waals surface area contributed by atoms with Crippen molar-refractivity contribution >= 4 is 24.3 Å². The highest BCUT2D eigenvalue weighted by Gasteiger charge is 2.44. The van der Waals surface area contributed by atoms with Crippen molar-refractivity contribution < 1.29 is 14.5 Å². The van der Waals surface area contributed by atoms with Crippen LogP contribution in [0.25, 0.3) is 0 Å². The second-order valence-electron chi connectivity index (χ2n) is 6.73. The number of hydrogen-bond acceptors (Lipinski definition) is 7. The van der Waals surface area contributed by atoms with Crippen LogP contribution in [0.1, 0.15) is 33.6 Å². The predicted molar refractivity (Wildman–Crippen MR) is 115 cm³/mol. The van der Waals surface area contributed by atoms with Crippen molar-refractivity contribution in [3.63, 3.8) is 0 Å². The highest BCUT2D eigenvalue weighted by atomic mass is 32.1. The first-order valence-electron chi connectivity index (χ1n) is 9.00. The Hall–Kier alpha value is -2.32. The van der Waals surface area contributed by atoms with Crippen molar-refractivity contribution in [1.29, 1.82) is 0 Å².